The van der Waals surface area contributed by atoms with Crippen molar-refractivity contribution in [2.75, 3.05) is 18.5 Å². The standard InChI is InChI=1S/C22H21NO/c1-3-23(2)21-13-8-17(9-14-21)10-15-22(24)20-12-11-18-6-4-5-7-19(18)16-20/h4-16H,3H2,1-2H3. The molecule has 0 atom stereocenters. The zero-order chi connectivity index (χ0) is 16.9. The Balaban J connectivity index is 1.76. The molecule has 24 heavy (non-hydrogen) atoms. The second-order valence-corrected chi connectivity index (χ2v) is 5.87. The minimum atomic E-state index is 0.0236. The zero-order valence-corrected chi connectivity index (χ0v) is 14.1. The van der Waals surface area contributed by atoms with Crippen molar-refractivity contribution in [3.05, 3.63) is 83.9 Å². The van der Waals surface area contributed by atoms with Gasteiger partial charge in [-0.25, -0.2) is 0 Å². The van der Waals surface area contributed by atoms with Gasteiger partial charge in [-0.15, -0.1) is 0 Å². The van der Waals surface area contributed by atoms with Gasteiger partial charge < -0.3 is 4.90 Å². The summed E-state index contributed by atoms with van der Waals surface area (Å²) in [6.07, 6.45) is 3.51. The maximum absolute atomic E-state index is 12.4. The quantitative estimate of drug-likeness (QED) is 0.477. The highest BCUT2D eigenvalue weighted by Crippen LogP contribution is 2.17. The van der Waals surface area contributed by atoms with Gasteiger partial charge in [-0.2, -0.15) is 0 Å². The largest absolute Gasteiger partial charge is 0.375 e. The topological polar surface area (TPSA) is 20.3 Å². The van der Waals surface area contributed by atoms with Gasteiger partial charge in [-0.05, 0) is 47.5 Å². The third-order valence-corrected chi connectivity index (χ3v) is 4.27. The Labute approximate surface area is 143 Å². The number of rotatable bonds is 5. The van der Waals surface area contributed by atoms with Crippen LogP contribution in [0.5, 0.6) is 0 Å². The van der Waals surface area contributed by atoms with E-state index in [4.69, 9.17) is 0 Å². The van der Waals surface area contributed by atoms with Gasteiger partial charge in [0.25, 0.3) is 0 Å². The number of allylic oxidation sites excluding steroid dienone is 1. The lowest BCUT2D eigenvalue weighted by Gasteiger charge is -2.16. The summed E-state index contributed by atoms with van der Waals surface area (Å²) in [5, 5.41) is 2.23. The van der Waals surface area contributed by atoms with E-state index in [0.29, 0.717) is 5.56 Å². The molecular weight excluding hydrogens is 294 g/mol. The fourth-order valence-electron chi connectivity index (χ4n) is 2.63. The van der Waals surface area contributed by atoms with E-state index in [1.165, 1.54) is 5.69 Å². The van der Waals surface area contributed by atoms with E-state index >= 15 is 0 Å². The van der Waals surface area contributed by atoms with Crippen LogP contribution in [-0.2, 0) is 0 Å². The monoisotopic (exact) mass is 315 g/mol. The Morgan fingerprint density at radius 2 is 1.67 bits per heavy atom. The fourth-order valence-corrected chi connectivity index (χ4v) is 2.63. The second-order valence-electron chi connectivity index (χ2n) is 5.87. The number of ketones is 1. The molecule has 0 amide bonds. The molecule has 0 spiro atoms. The van der Waals surface area contributed by atoms with Gasteiger partial charge in [0.1, 0.15) is 0 Å². The molecule has 0 N–H and O–H groups in total. The van der Waals surface area contributed by atoms with Crippen molar-refractivity contribution in [2.45, 2.75) is 6.92 Å². The Bertz CT molecular complexity index is 878. The highest BCUT2D eigenvalue weighted by molar-refractivity contribution is 6.08. The van der Waals surface area contributed by atoms with Crippen LogP contribution in [0.4, 0.5) is 5.69 Å². The van der Waals surface area contributed by atoms with Crippen molar-refractivity contribution in [2.24, 2.45) is 0 Å². The number of carbonyl (C=O) groups excluding carboxylic acids is 1. The number of carbonyl (C=O) groups is 1. The molecule has 3 aromatic carbocycles. The molecule has 2 nitrogen and oxygen atoms in total. The molecular formula is C22H21NO. The summed E-state index contributed by atoms with van der Waals surface area (Å²) in [5.41, 5.74) is 2.92. The summed E-state index contributed by atoms with van der Waals surface area (Å²) < 4.78 is 0. The molecule has 0 radical (unpaired) electrons. The molecule has 3 rings (SSSR count). The molecule has 120 valence electrons. The molecule has 0 aromatic heterocycles. The fraction of sp³-hybridized carbons (Fsp3) is 0.136. The maximum atomic E-state index is 12.4. The number of fused-ring (bicyclic) bond motifs is 1. The van der Waals surface area contributed by atoms with Gasteiger partial charge in [0.05, 0.1) is 0 Å². The SMILES string of the molecule is CCN(C)c1ccc(C=CC(=O)c2ccc3ccccc3c2)cc1. The molecule has 0 heterocycles. The molecule has 3 aromatic rings. The maximum Gasteiger partial charge on any atom is 0.185 e. The summed E-state index contributed by atoms with van der Waals surface area (Å²) in [6.45, 7) is 3.09. The van der Waals surface area contributed by atoms with Crippen molar-refractivity contribution in [3.63, 3.8) is 0 Å². The smallest absolute Gasteiger partial charge is 0.185 e. The molecule has 0 saturated carbocycles. The predicted molar refractivity (Wildman–Crippen MR) is 103 cm³/mol. The second kappa shape index (κ2) is 7.14. The van der Waals surface area contributed by atoms with Crippen LogP contribution < -0.4 is 4.90 Å². The van der Waals surface area contributed by atoms with E-state index < -0.39 is 0 Å². The molecule has 0 fully saturated rings. The van der Waals surface area contributed by atoms with Crippen LogP contribution in [0.25, 0.3) is 16.8 Å². The van der Waals surface area contributed by atoms with Crippen molar-refractivity contribution in [1.82, 2.24) is 0 Å². The van der Waals surface area contributed by atoms with E-state index in [0.717, 1.165) is 22.9 Å². The summed E-state index contributed by atoms with van der Waals surface area (Å²) in [7, 11) is 2.06. The van der Waals surface area contributed by atoms with E-state index in [9.17, 15) is 4.79 Å². The number of hydrogen-bond acceptors (Lipinski definition) is 2. The van der Waals surface area contributed by atoms with E-state index in [1.807, 2.05) is 60.7 Å². The Morgan fingerprint density at radius 3 is 2.38 bits per heavy atom. The van der Waals surface area contributed by atoms with Gasteiger partial charge in [-0.3, -0.25) is 4.79 Å². The first-order valence-electron chi connectivity index (χ1n) is 8.20. The minimum Gasteiger partial charge on any atom is -0.375 e. The average Bonchev–Trinajstić information content (AvgIpc) is 2.65. The van der Waals surface area contributed by atoms with Gasteiger partial charge in [0.2, 0.25) is 0 Å². The van der Waals surface area contributed by atoms with Crippen molar-refractivity contribution >= 4 is 28.3 Å². The third kappa shape index (κ3) is 3.54. The van der Waals surface area contributed by atoms with Crippen molar-refractivity contribution in [1.29, 1.82) is 0 Å². The summed E-state index contributed by atoms with van der Waals surface area (Å²) in [5.74, 6) is 0.0236. The van der Waals surface area contributed by atoms with Crippen molar-refractivity contribution < 1.29 is 4.79 Å². The van der Waals surface area contributed by atoms with Crippen LogP contribution in [0.15, 0.2) is 72.8 Å². The molecule has 0 aliphatic heterocycles. The number of anilines is 1. The first-order chi connectivity index (χ1) is 11.7. The average molecular weight is 315 g/mol. The van der Waals surface area contributed by atoms with Gasteiger partial charge in [0, 0.05) is 24.8 Å². The van der Waals surface area contributed by atoms with Gasteiger partial charge in [0.15, 0.2) is 5.78 Å². The molecule has 2 heteroatoms. The third-order valence-electron chi connectivity index (χ3n) is 4.27. The van der Waals surface area contributed by atoms with Crippen LogP contribution in [-0.4, -0.2) is 19.4 Å². The summed E-state index contributed by atoms with van der Waals surface area (Å²) in [6, 6.07) is 22.1. The van der Waals surface area contributed by atoms with Crippen LogP contribution in [0, 0.1) is 0 Å². The normalized spacial score (nSPS) is 11.1. The number of hydrogen-bond donors (Lipinski definition) is 0. The van der Waals surface area contributed by atoms with E-state index in [-0.39, 0.29) is 5.78 Å². The predicted octanol–water partition coefficient (Wildman–Crippen LogP) is 5.19. The van der Waals surface area contributed by atoms with Crippen LogP contribution in [0.1, 0.15) is 22.8 Å². The Hall–Kier alpha value is -2.87. The van der Waals surface area contributed by atoms with E-state index in [1.54, 1.807) is 6.08 Å². The Kier molecular flexibility index (Phi) is 4.76. The molecule has 0 bridgehead atoms. The summed E-state index contributed by atoms with van der Waals surface area (Å²) in [4.78, 5) is 14.6. The van der Waals surface area contributed by atoms with Crippen LogP contribution in [0.2, 0.25) is 0 Å². The molecule has 0 saturated heterocycles. The van der Waals surface area contributed by atoms with Crippen molar-refractivity contribution in [3.8, 4) is 0 Å². The minimum absolute atomic E-state index is 0.0236. The molecule has 0 unspecified atom stereocenters. The van der Waals surface area contributed by atoms with Crippen LogP contribution >= 0.6 is 0 Å². The lowest BCUT2D eigenvalue weighted by Crippen LogP contribution is -2.15. The zero-order valence-electron chi connectivity index (χ0n) is 14.1. The Morgan fingerprint density at radius 1 is 0.958 bits per heavy atom. The number of nitrogens with zero attached hydrogens (tertiary/aromatic N) is 1. The highest BCUT2D eigenvalue weighted by Gasteiger charge is 2.03. The lowest BCUT2D eigenvalue weighted by molar-refractivity contribution is 0.104. The highest BCUT2D eigenvalue weighted by atomic mass is 16.1. The molecule has 0 aliphatic carbocycles. The lowest BCUT2D eigenvalue weighted by atomic mass is 10.0. The van der Waals surface area contributed by atoms with Gasteiger partial charge >= 0.3 is 0 Å². The first-order valence-corrected chi connectivity index (χ1v) is 8.20. The first kappa shape index (κ1) is 16.0. The molecule has 0 aliphatic rings. The number of benzene rings is 3. The van der Waals surface area contributed by atoms with Crippen LogP contribution in [0.3, 0.4) is 0 Å². The van der Waals surface area contributed by atoms with E-state index in [2.05, 4.69) is 31.0 Å². The van der Waals surface area contributed by atoms with Gasteiger partial charge in [-0.1, -0.05) is 54.6 Å². The summed E-state index contributed by atoms with van der Waals surface area (Å²) >= 11 is 0.